The Bertz CT molecular complexity index is 337. The molecule has 1 aliphatic rings. The third kappa shape index (κ3) is 2.62. The highest BCUT2D eigenvalue weighted by Gasteiger charge is 2.27. The van der Waals surface area contributed by atoms with E-state index in [1.165, 1.54) is 24.5 Å². The van der Waals surface area contributed by atoms with E-state index < -0.39 is 0 Å². The van der Waals surface area contributed by atoms with Gasteiger partial charge in [0.2, 0.25) is 0 Å². The highest BCUT2D eigenvalue weighted by atomic mass is 32.1. The minimum Gasteiger partial charge on any atom is -0.319 e. The van der Waals surface area contributed by atoms with Crippen molar-refractivity contribution in [2.75, 3.05) is 26.7 Å². The molecule has 0 saturated carbocycles. The molecule has 1 fully saturated rings. The van der Waals surface area contributed by atoms with Gasteiger partial charge in [-0.1, -0.05) is 0 Å². The molecule has 1 aromatic rings. The summed E-state index contributed by atoms with van der Waals surface area (Å²) >= 11 is 1.79. The summed E-state index contributed by atoms with van der Waals surface area (Å²) < 4.78 is 0. The number of thiazole rings is 1. The summed E-state index contributed by atoms with van der Waals surface area (Å²) in [7, 11) is 2.04. The maximum absolute atomic E-state index is 4.59. The Labute approximate surface area is 102 Å². The summed E-state index contributed by atoms with van der Waals surface area (Å²) in [6.45, 7) is 7.91. The van der Waals surface area contributed by atoms with Gasteiger partial charge in [-0.05, 0) is 46.3 Å². The van der Waals surface area contributed by atoms with E-state index in [-0.39, 0.29) is 0 Å². The second-order valence-electron chi connectivity index (χ2n) is 4.71. The molecule has 2 rings (SSSR count). The molecule has 0 aromatic carbocycles. The SMILES string of the molecule is CNCC1CCN(C(C)c2nc(C)cs2)C1. The summed E-state index contributed by atoms with van der Waals surface area (Å²) in [5.74, 6) is 0.813. The van der Waals surface area contributed by atoms with Crippen LogP contribution < -0.4 is 5.32 Å². The zero-order valence-electron chi connectivity index (χ0n) is 10.4. The number of aromatic nitrogens is 1. The van der Waals surface area contributed by atoms with Gasteiger partial charge in [-0.3, -0.25) is 4.90 Å². The van der Waals surface area contributed by atoms with E-state index in [1.54, 1.807) is 11.3 Å². The Morgan fingerprint density at radius 3 is 3.12 bits per heavy atom. The van der Waals surface area contributed by atoms with Crippen LogP contribution in [0.4, 0.5) is 0 Å². The summed E-state index contributed by atoms with van der Waals surface area (Å²) in [6.07, 6.45) is 1.32. The number of aryl methyl sites for hydroxylation is 1. The first-order chi connectivity index (χ1) is 7.70. The van der Waals surface area contributed by atoms with Crippen molar-refractivity contribution in [2.45, 2.75) is 26.3 Å². The van der Waals surface area contributed by atoms with Gasteiger partial charge in [0, 0.05) is 17.6 Å². The fourth-order valence-corrected chi connectivity index (χ4v) is 3.28. The summed E-state index contributed by atoms with van der Waals surface area (Å²) in [4.78, 5) is 7.14. The van der Waals surface area contributed by atoms with E-state index in [2.05, 4.69) is 34.4 Å². The number of hydrogen-bond donors (Lipinski definition) is 1. The van der Waals surface area contributed by atoms with Crippen LogP contribution in [0, 0.1) is 12.8 Å². The maximum Gasteiger partial charge on any atom is 0.110 e. The number of nitrogens with one attached hydrogen (secondary N) is 1. The molecule has 1 N–H and O–H groups in total. The van der Waals surface area contributed by atoms with Gasteiger partial charge in [-0.15, -0.1) is 11.3 Å². The zero-order valence-corrected chi connectivity index (χ0v) is 11.2. The predicted octanol–water partition coefficient (Wildman–Crippen LogP) is 2.05. The van der Waals surface area contributed by atoms with Gasteiger partial charge in [0.05, 0.1) is 6.04 Å². The molecule has 16 heavy (non-hydrogen) atoms. The third-order valence-electron chi connectivity index (χ3n) is 3.35. The lowest BCUT2D eigenvalue weighted by Crippen LogP contribution is -2.27. The Hall–Kier alpha value is -0.450. The smallest absolute Gasteiger partial charge is 0.110 e. The van der Waals surface area contributed by atoms with Crippen molar-refractivity contribution in [3.8, 4) is 0 Å². The molecule has 0 radical (unpaired) electrons. The topological polar surface area (TPSA) is 28.2 Å². The zero-order chi connectivity index (χ0) is 11.5. The molecular formula is C12H21N3S. The van der Waals surface area contributed by atoms with E-state index in [1.807, 2.05) is 7.05 Å². The number of rotatable bonds is 4. The lowest BCUT2D eigenvalue weighted by molar-refractivity contribution is 0.251. The van der Waals surface area contributed by atoms with Gasteiger partial charge in [-0.25, -0.2) is 4.98 Å². The van der Waals surface area contributed by atoms with Crippen molar-refractivity contribution >= 4 is 11.3 Å². The molecule has 2 heterocycles. The minimum absolute atomic E-state index is 0.487. The molecular weight excluding hydrogens is 218 g/mol. The second kappa shape index (κ2) is 5.25. The molecule has 0 aliphatic carbocycles. The lowest BCUT2D eigenvalue weighted by Gasteiger charge is -2.22. The molecule has 0 amide bonds. The van der Waals surface area contributed by atoms with Crippen LogP contribution in [-0.2, 0) is 0 Å². The predicted molar refractivity (Wildman–Crippen MR) is 68.9 cm³/mol. The van der Waals surface area contributed by atoms with E-state index >= 15 is 0 Å². The van der Waals surface area contributed by atoms with Crippen LogP contribution in [-0.4, -0.2) is 36.6 Å². The molecule has 1 saturated heterocycles. The number of nitrogens with zero attached hydrogens (tertiary/aromatic N) is 2. The average molecular weight is 239 g/mol. The molecule has 0 spiro atoms. The van der Waals surface area contributed by atoms with E-state index in [9.17, 15) is 0 Å². The van der Waals surface area contributed by atoms with Crippen LogP contribution in [0.5, 0.6) is 0 Å². The van der Waals surface area contributed by atoms with Crippen molar-refractivity contribution in [3.05, 3.63) is 16.1 Å². The van der Waals surface area contributed by atoms with Crippen molar-refractivity contribution < 1.29 is 0 Å². The van der Waals surface area contributed by atoms with Crippen molar-refractivity contribution in [1.82, 2.24) is 15.2 Å². The summed E-state index contributed by atoms with van der Waals surface area (Å²) in [5.41, 5.74) is 1.15. The molecule has 3 nitrogen and oxygen atoms in total. The minimum atomic E-state index is 0.487. The normalized spacial score (nSPS) is 23.8. The highest BCUT2D eigenvalue weighted by molar-refractivity contribution is 7.09. The van der Waals surface area contributed by atoms with E-state index in [0.29, 0.717) is 6.04 Å². The third-order valence-corrected chi connectivity index (χ3v) is 4.48. The highest BCUT2D eigenvalue weighted by Crippen LogP contribution is 2.28. The van der Waals surface area contributed by atoms with Crippen LogP contribution in [0.3, 0.4) is 0 Å². The molecule has 2 unspecified atom stereocenters. The van der Waals surface area contributed by atoms with Crippen LogP contribution in [0.2, 0.25) is 0 Å². The number of likely N-dealkylation sites (tertiary alicyclic amines) is 1. The first-order valence-electron chi connectivity index (χ1n) is 6.01. The Balaban J connectivity index is 1.94. The summed E-state index contributed by atoms with van der Waals surface area (Å²) in [5, 5.41) is 6.69. The van der Waals surface area contributed by atoms with Crippen molar-refractivity contribution in [1.29, 1.82) is 0 Å². The molecule has 1 aliphatic heterocycles. The van der Waals surface area contributed by atoms with Gasteiger partial charge in [0.1, 0.15) is 5.01 Å². The summed E-state index contributed by atoms with van der Waals surface area (Å²) in [6, 6.07) is 0.487. The van der Waals surface area contributed by atoms with Crippen LogP contribution >= 0.6 is 11.3 Å². The molecule has 1 aromatic heterocycles. The monoisotopic (exact) mass is 239 g/mol. The van der Waals surface area contributed by atoms with Gasteiger partial charge >= 0.3 is 0 Å². The Kier molecular flexibility index (Phi) is 3.95. The van der Waals surface area contributed by atoms with Gasteiger partial charge in [0.25, 0.3) is 0 Å². The molecule has 4 heteroatoms. The molecule has 0 bridgehead atoms. The molecule has 90 valence electrons. The van der Waals surface area contributed by atoms with Crippen molar-refractivity contribution in [2.24, 2.45) is 5.92 Å². The van der Waals surface area contributed by atoms with Crippen LogP contribution in [0.1, 0.15) is 30.1 Å². The standard InChI is InChI=1S/C12H21N3S/c1-9-8-16-12(14-9)10(2)15-5-4-11(7-15)6-13-3/h8,10-11,13H,4-7H2,1-3H3. The van der Waals surface area contributed by atoms with Gasteiger partial charge in [-0.2, -0.15) is 0 Å². The second-order valence-corrected chi connectivity index (χ2v) is 5.60. The average Bonchev–Trinajstić information content (AvgIpc) is 2.87. The lowest BCUT2D eigenvalue weighted by atomic mass is 10.1. The van der Waals surface area contributed by atoms with Crippen molar-refractivity contribution in [3.63, 3.8) is 0 Å². The number of hydrogen-bond acceptors (Lipinski definition) is 4. The fourth-order valence-electron chi connectivity index (χ4n) is 2.39. The first-order valence-corrected chi connectivity index (χ1v) is 6.89. The maximum atomic E-state index is 4.59. The van der Waals surface area contributed by atoms with Gasteiger partial charge < -0.3 is 5.32 Å². The van der Waals surface area contributed by atoms with Gasteiger partial charge in [0.15, 0.2) is 0 Å². The van der Waals surface area contributed by atoms with Crippen LogP contribution in [0.15, 0.2) is 5.38 Å². The fraction of sp³-hybridized carbons (Fsp3) is 0.750. The van der Waals surface area contributed by atoms with Crippen LogP contribution in [0.25, 0.3) is 0 Å². The first kappa shape index (κ1) is 12.0. The van der Waals surface area contributed by atoms with E-state index in [0.717, 1.165) is 18.2 Å². The largest absolute Gasteiger partial charge is 0.319 e. The Morgan fingerprint density at radius 1 is 1.69 bits per heavy atom. The Morgan fingerprint density at radius 2 is 2.50 bits per heavy atom. The van der Waals surface area contributed by atoms with E-state index in [4.69, 9.17) is 0 Å². The molecule has 2 atom stereocenters. The quantitative estimate of drug-likeness (QED) is 0.871.